The van der Waals surface area contributed by atoms with E-state index < -0.39 is 0 Å². The quantitative estimate of drug-likeness (QED) is 0.622. The normalized spacial score (nSPS) is 11.4. The molecule has 1 aromatic carbocycles. The molecule has 100 valence electrons. The van der Waals surface area contributed by atoms with E-state index in [4.69, 9.17) is 9.47 Å². The molecule has 0 fully saturated rings. The third-order valence-electron chi connectivity index (χ3n) is 3.09. The summed E-state index contributed by atoms with van der Waals surface area (Å²) >= 11 is 0. The largest absolute Gasteiger partial charge is 0.381 e. The second-order valence-electron chi connectivity index (χ2n) is 4.41. The second kappa shape index (κ2) is 8.06. The molecule has 2 nitrogen and oxygen atoms in total. The van der Waals surface area contributed by atoms with Gasteiger partial charge in [0.15, 0.2) is 0 Å². The van der Waals surface area contributed by atoms with Crippen molar-refractivity contribution in [2.24, 2.45) is 0 Å². The molecule has 0 aromatic heterocycles. The van der Waals surface area contributed by atoms with Crippen molar-refractivity contribution in [3.05, 3.63) is 48.6 Å². The minimum atomic E-state index is -0.116. The fourth-order valence-corrected chi connectivity index (χ4v) is 2.11. The van der Waals surface area contributed by atoms with E-state index in [2.05, 4.69) is 30.8 Å². The Balaban J connectivity index is 2.97. The third-order valence-corrected chi connectivity index (χ3v) is 3.09. The van der Waals surface area contributed by atoms with E-state index in [1.54, 1.807) is 0 Å². The van der Waals surface area contributed by atoms with Crippen molar-refractivity contribution >= 4 is 0 Å². The first-order chi connectivity index (χ1) is 8.79. The summed E-state index contributed by atoms with van der Waals surface area (Å²) in [6, 6.07) is 10.4. The van der Waals surface area contributed by atoms with Crippen LogP contribution in [0, 0.1) is 0 Å². The molecule has 2 heteroatoms. The predicted molar refractivity (Wildman–Crippen MR) is 75.9 cm³/mol. The zero-order valence-corrected chi connectivity index (χ0v) is 11.5. The molecule has 18 heavy (non-hydrogen) atoms. The highest BCUT2D eigenvalue weighted by Crippen LogP contribution is 2.29. The molecule has 0 atom stereocenters. The van der Waals surface area contributed by atoms with Gasteiger partial charge in [-0.1, -0.05) is 36.4 Å². The van der Waals surface area contributed by atoms with Gasteiger partial charge < -0.3 is 9.47 Å². The number of hydrogen-bond acceptors (Lipinski definition) is 2. The highest BCUT2D eigenvalue weighted by atomic mass is 16.5. The van der Waals surface area contributed by atoms with Gasteiger partial charge in [-0.25, -0.2) is 0 Å². The molecular formula is C16H24O2. The summed E-state index contributed by atoms with van der Waals surface area (Å²) in [6.45, 7) is 10.7. The molecule has 0 aliphatic carbocycles. The van der Waals surface area contributed by atoms with Crippen molar-refractivity contribution in [3.8, 4) is 0 Å². The summed E-state index contributed by atoms with van der Waals surface area (Å²) in [5.41, 5.74) is 1.14. The van der Waals surface area contributed by atoms with Gasteiger partial charge in [-0.05, 0) is 25.8 Å². The van der Waals surface area contributed by atoms with Crippen LogP contribution in [-0.2, 0) is 14.9 Å². The van der Waals surface area contributed by atoms with E-state index in [0.29, 0.717) is 13.2 Å². The highest BCUT2D eigenvalue weighted by Gasteiger charge is 2.31. The Morgan fingerprint density at radius 3 is 2.06 bits per heavy atom. The SMILES string of the molecule is C=CCC(COCC)(COCC)c1ccccc1. The molecule has 0 saturated carbocycles. The summed E-state index contributed by atoms with van der Waals surface area (Å²) in [5.74, 6) is 0. The van der Waals surface area contributed by atoms with Crippen LogP contribution < -0.4 is 0 Å². The Kier molecular flexibility index (Phi) is 6.69. The highest BCUT2D eigenvalue weighted by molar-refractivity contribution is 5.27. The molecule has 0 bridgehead atoms. The Labute approximate surface area is 111 Å². The van der Waals surface area contributed by atoms with Crippen molar-refractivity contribution < 1.29 is 9.47 Å². The topological polar surface area (TPSA) is 18.5 Å². The monoisotopic (exact) mass is 248 g/mol. The number of hydrogen-bond donors (Lipinski definition) is 0. The molecule has 0 radical (unpaired) electrons. The molecule has 0 heterocycles. The van der Waals surface area contributed by atoms with Crippen molar-refractivity contribution in [2.45, 2.75) is 25.7 Å². The first-order valence-electron chi connectivity index (χ1n) is 6.61. The second-order valence-corrected chi connectivity index (χ2v) is 4.41. The Hall–Kier alpha value is -1.12. The molecule has 1 rings (SSSR count). The van der Waals surface area contributed by atoms with Crippen molar-refractivity contribution in [1.82, 2.24) is 0 Å². The summed E-state index contributed by atoms with van der Waals surface area (Å²) in [7, 11) is 0. The summed E-state index contributed by atoms with van der Waals surface area (Å²) < 4.78 is 11.4. The molecule has 0 aliphatic rings. The van der Waals surface area contributed by atoms with Crippen LogP contribution in [0.4, 0.5) is 0 Å². The van der Waals surface area contributed by atoms with E-state index in [1.165, 1.54) is 5.56 Å². The smallest absolute Gasteiger partial charge is 0.0588 e. The average Bonchev–Trinajstić information content (AvgIpc) is 2.43. The van der Waals surface area contributed by atoms with Crippen molar-refractivity contribution in [2.75, 3.05) is 26.4 Å². The minimum Gasteiger partial charge on any atom is -0.381 e. The molecule has 0 unspecified atom stereocenters. The van der Waals surface area contributed by atoms with Gasteiger partial charge in [-0.2, -0.15) is 0 Å². The van der Waals surface area contributed by atoms with Gasteiger partial charge in [0, 0.05) is 18.6 Å². The number of benzene rings is 1. The molecule has 0 saturated heterocycles. The van der Waals surface area contributed by atoms with Crippen LogP contribution in [0.1, 0.15) is 25.8 Å². The first kappa shape index (κ1) is 14.9. The first-order valence-corrected chi connectivity index (χ1v) is 6.61. The maximum Gasteiger partial charge on any atom is 0.0588 e. The van der Waals surface area contributed by atoms with E-state index in [1.807, 2.05) is 26.0 Å². The lowest BCUT2D eigenvalue weighted by molar-refractivity contribution is 0.0273. The zero-order chi connectivity index (χ0) is 13.3. The van der Waals surface area contributed by atoms with Gasteiger partial charge in [0.05, 0.1) is 13.2 Å². The predicted octanol–water partition coefficient (Wildman–Crippen LogP) is 3.57. The Morgan fingerprint density at radius 1 is 1.06 bits per heavy atom. The molecular weight excluding hydrogens is 224 g/mol. The summed E-state index contributed by atoms with van der Waals surface area (Å²) in [6.07, 6.45) is 2.81. The molecule has 0 spiro atoms. The maximum atomic E-state index is 5.68. The maximum absolute atomic E-state index is 5.68. The van der Waals surface area contributed by atoms with Crippen LogP contribution in [0.3, 0.4) is 0 Å². The van der Waals surface area contributed by atoms with Crippen LogP contribution in [0.15, 0.2) is 43.0 Å². The van der Waals surface area contributed by atoms with Gasteiger partial charge in [0.25, 0.3) is 0 Å². The minimum absolute atomic E-state index is 0.116. The number of allylic oxidation sites excluding steroid dienone is 1. The van der Waals surface area contributed by atoms with Crippen molar-refractivity contribution in [3.63, 3.8) is 0 Å². The molecule has 0 N–H and O–H groups in total. The van der Waals surface area contributed by atoms with Gasteiger partial charge in [-0.3, -0.25) is 0 Å². The lowest BCUT2D eigenvalue weighted by Gasteiger charge is -2.33. The Morgan fingerprint density at radius 2 is 1.61 bits per heavy atom. The van der Waals surface area contributed by atoms with Crippen LogP contribution in [0.2, 0.25) is 0 Å². The van der Waals surface area contributed by atoms with E-state index in [9.17, 15) is 0 Å². The third kappa shape index (κ3) is 3.97. The zero-order valence-electron chi connectivity index (χ0n) is 11.5. The van der Waals surface area contributed by atoms with Crippen LogP contribution >= 0.6 is 0 Å². The van der Waals surface area contributed by atoms with Gasteiger partial charge in [0.1, 0.15) is 0 Å². The number of rotatable bonds is 9. The van der Waals surface area contributed by atoms with Crippen LogP contribution in [-0.4, -0.2) is 26.4 Å². The lowest BCUT2D eigenvalue weighted by Crippen LogP contribution is -2.37. The lowest BCUT2D eigenvalue weighted by atomic mass is 9.79. The van der Waals surface area contributed by atoms with Crippen LogP contribution in [0.25, 0.3) is 0 Å². The van der Waals surface area contributed by atoms with Crippen molar-refractivity contribution in [1.29, 1.82) is 0 Å². The molecule has 0 aliphatic heterocycles. The van der Waals surface area contributed by atoms with Crippen LogP contribution in [0.5, 0.6) is 0 Å². The summed E-state index contributed by atoms with van der Waals surface area (Å²) in [5, 5.41) is 0. The molecule has 0 amide bonds. The average molecular weight is 248 g/mol. The van der Waals surface area contributed by atoms with E-state index in [-0.39, 0.29) is 5.41 Å². The fraction of sp³-hybridized carbons (Fsp3) is 0.500. The van der Waals surface area contributed by atoms with Gasteiger partial charge in [-0.15, -0.1) is 6.58 Å². The molecule has 1 aromatic rings. The van der Waals surface area contributed by atoms with Gasteiger partial charge in [0.2, 0.25) is 0 Å². The van der Waals surface area contributed by atoms with E-state index in [0.717, 1.165) is 19.6 Å². The summed E-state index contributed by atoms with van der Waals surface area (Å²) in [4.78, 5) is 0. The standard InChI is InChI=1S/C16H24O2/c1-4-12-16(13-17-5-2,14-18-6-3)15-10-8-7-9-11-15/h4,7-11H,1,5-6,12-14H2,2-3H3. The van der Waals surface area contributed by atoms with E-state index >= 15 is 0 Å². The number of ether oxygens (including phenoxy) is 2. The fourth-order valence-electron chi connectivity index (χ4n) is 2.11. The van der Waals surface area contributed by atoms with Gasteiger partial charge >= 0.3 is 0 Å². The Bertz CT molecular complexity index is 324.